The highest BCUT2D eigenvalue weighted by Gasteiger charge is 2.40. The number of likely N-dealkylation sites (tertiary alicyclic amines) is 1. The number of benzene rings is 1. The molecule has 3 rings (SSSR count). The molecule has 18 heavy (non-hydrogen) atoms. The number of hydrogen-bond acceptors (Lipinski definition) is 2. The van der Waals surface area contributed by atoms with Crippen molar-refractivity contribution < 1.29 is 4.79 Å². The van der Waals surface area contributed by atoms with E-state index in [0.29, 0.717) is 11.8 Å². The Balaban J connectivity index is 1.70. The predicted molar refractivity (Wildman–Crippen MR) is 72.6 cm³/mol. The van der Waals surface area contributed by atoms with Crippen molar-refractivity contribution in [2.45, 2.75) is 13.8 Å². The van der Waals surface area contributed by atoms with Gasteiger partial charge in [-0.2, -0.15) is 0 Å². The minimum absolute atomic E-state index is 0.228. The molecule has 0 aromatic heterocycles. The van der Waals surface area contributed by atoms with Crippen LogP contribution in [-0.4, -0.2) is 37.0 Å². The van der Waals surface area contributed by atoms with E-state index >= 15 is 0 Å². The van der Waals surface area contributed by atoms with Gasteiger partial charge >= 0.3 is 0 Å². The lowest BCUT2D eigenvalue weighted by molar-refractivity contribution is -0.128. The van der Waals surface area contributed by atoms with Gasteiger partial charge < -0.3 is 9.80 Å². The predicted octanol–water partition coefficient (Wildman–Crippen LogP) is 1.91. The molecular weight excluding hydrogens is 224 g/mol. The number of carbonyl (C=O) groups excluding carboxylic acids is 1. The van der Waals surface area contributed by atoms with Gasteiger partial charge in [-0.15, -0.1) is 0 Å². The normalized spacial score (nSPS) is 26.6. The molecule has 3 heteroatoms. The third-order valence-electron chi connectivity index (χ3n) is 4.30. The van der Waals surface area contributed by atoms with Crippen molar-refractivity contribution in [2.75, 3.05) is 31.1 Å². The van der Waals surface area contributed by atoms with Crippen LogP contribution in [0.25, 0.3) is 0 Å². The van der Waals surface area contributed by atoms with Gasteiger partial charge in [0.15, 0.2) is 0 Å². The second-order valence-electron chi connectivity index (χ2n) is 5.69. The van der Waals surface area contributed by atoms with Crippen LogP contribution in [0.1, 0.15) is 12.5 Å². The number of aryl methyl sites for hydroxylation is 1. The first-order chi connectivity index (χ1) is 8.63. The second-order valence-corrected chi connectivity index (χ2v) is 5.69. The van der Waals surface area contributed by atoms with Crippen molar-refractivity contribution in [2.24, 2.45) is 11.8 Å². The van der Waals surface area contributed by atoms with Crippen molar-refractivity contribution in [1.82, 2.24) is 4.90 Å². The lowest BCUT2D eigenvalue weighted by Crippen LogP contribution is -2.31. The number of amides is 1. The van der Waals surface area contributed by atoms with Gasteiger partial charge in [0.05, 0.1) is 0 Å². The summed E-state index contributed by atoms with van der Waals surface area (Å²) in [5, 5.41) is 0. The summed E-state index contributed by atoms with van der Waals surface area (Å²) in [5.74, 6) is 1.55. The van der Waals surface area contributed by atoms with Gasteiger partial charge in [-0.25, -0.2) is 0 Å². The molecule has 96 valence electrons. The van der Waals surface area contributed by atoms with Gasteiger partial charge in [-0.1, -0.05) is 12.1 Å². The lowest BCUT2D eigenvalue weighted by atomic mass is 10.0. The zero-order valence-corrected chi connectivity index (χ0v) is 11.1. The highest BCUT2D eigenvalue weighted by molar-refractivity contribution is 5.73. The SMILES string of the molecule is CC(=O)N1CC2CN(c3cccc(C)c3)CC2C1. The maximum Gasteiger partial charge on any atom is 0.219 e. The third-order valence-corrected chi connectivity index (χ3v) is 4.30. The van der Waals surface area contributed by atoms with Crippen LogP contribution in [0, 0.1) is 18.8 Å². The van der Waals surface area contributed by atoms with Crippen LogP contribution < -0.4 is 4.90 Å². The standard InChI is InChI=1S/C15H20N2O/c1-11-4-3-5-15(6-11)17-9-13-7-16(12(2)18)8-14(13)10-17/h3-6,13-14H,7-10H2,1-2H3. The zero-order chi connectivity index (χ0) is 12.7. The first-order valence-electron chi connectivity index (χ1n) is 6.70. The number of hydrogen-bond donors (Lipinski definition) is 0. The maximum atomic E-state index is 11.4. The largest absolute Gasteiger partial charge is 0.371 e. The molecule has 2 saturated heterocycles. The fraction of sp³-hybridized carbons (Fsp3) is 0.533. The minimum atomic E-state index is 0.228. The molecule has 2 heterocycles. The number of nitrogens with zero attached hydrogens (tertiary/aromatic N) is 2. The average molecular weight is 244 g/mol. The Morgan fingerprint density at radius 1 is 1.17 bits per heavy atom. The topological polar surface area (TPSA) is 23.6 Å². The molecule has 0 radical (unpaired) electrons. The molecule has 1 aromatic rings. The first kappa shape index (κ1) is 11.6. The van der Waals surface area contributed by atoms with E-state index in [1.807, 2.05) is 4.90 Å². The summed E-state index contributed by atoms with van der Waals surface area (Å²) in [4.78, 5) is 15.9. The molecule has 2 aliphatic rings. The van der Waals surface area contributed by atoms with E-state index in [1.165, 1.54) is 11.3 Å². The number of carbonyl (C=O) groups is 1. The Morgan fingerprint density at radius 2 is 1.83 bits per heavy atom. The van der Waals surface area contributed by atoms with Crippen molar-refractivity contribution in [3.8, 4) is 0 Å². The third kappa shape index (κ3) is 1.98. The molecule has 1 aromatic carbocycles. The average Bonchev–Trinajstić information content (AvgIpc) is 2.86. The summed E-state index contributed by atoms with van der Waals surface area (Å²) in [7, 11) is 0. The van der Waals surface area contributed by atoms with Gasteiger partial charge in [-0.3, -0.25) is 4.79 Å². The molecule has 2 atom stereocenters. The van der Waals surface area contributed by atoms with Crippen molar-refractivity contribution in [3.05, 3.63) is 29.8 Å². The highest BCUT2D eigenvalue weighted by Crippen LogP contribution is 2.34. The quantitative estimate of drug-likeness (QED) is 0.753. The Hall–Kier alpha value is -1.51. The fourth-order valence-electron chi connectivity index (χ4n) is 3.29. The second kappa shape index (κ2) is 4.30. The van der Waals surface area contributed by atoms with E-state index in [9.17, 15) is 4.79 Å². The Morgan fingerprint density at radius 3 is 2.39 bits per heavy atom. The summed E-state index contributed by atoms with van der Waals surface area (Å²) < 4.78 is 0. The molecule has 0 aliphatic carbocycles. The van der Waals surface area contributed by atoms with Crippen molar-refractivity contribution in [1.29, 1.82) is 0 Å². The minimum Gasteiger partial charge on any atom is -0.371 e. The van der Waals surface area contributed by atoms with Crippen LogP contribution in [0.5, 0.6) is 0 Å². The molecule has 0 spiro atoms. The smallest absolute Gasteiger partial charge is 0.219 e. The summed E-state index contributed by atoms with van der Waals surface area (Å²) in [5.41, 5.74) is 2.65. The molecule has 1 amide bonds. The Bertz CT molecular complexity index is 457. The van der Waals surface area contributed by atoms with Crippen LogP contribution in [0.4, 0.5) is 5.69 Å². The first-order valence-corrected chi connectivity index (χ1v) is 6.70. The summed E-state index contributed by atoms with van der Waals surface area (Å²) >= 11 is 0. The van der Waals surface area contributed by atoms with E-state index in [1.54, 1.807) is 6.92 Å². The number of anilines is 1. The van der Waals surface area contributed by atoms with Crippen molar-refractivity contribution >= 4 is 11.6 Å². The molecule has 3 nitrogen and oxygen atoms in total. The van der Waals surface area contributed by atoms with Crippen LogP contribution in [0.15, 0.2) is 24.3 Å². The molecule has 0 N–H and O–H groups in total. The Kier molecular flexibility index (Phi) is 2.77. The van der Waals surface area contributed by atoms with Gasteiger partial charge in [0, 0.05) is 50.6 Å². The highest BCUT2D eigenvalue weighted by atomic mass is 16.2. The molecule has 2 fully saturated rings. The van der Waals surface area contributed by atoms with Gasteiger partial charge in [0.25, 0.3) is 0 Å². The van der Waals surface area contributed by atoms with Crippen LogP contribution in [0.2, 0.25) is 0 Å². The number of rotatable bonds is 1. The van der Waals surface area contributed by atoms with Gasteiger partial charge in [0.2, 0.25) is 5.91 Å². The summed E-state index contributed by atoms with van der Waals surface area (Å²) in [6.07, 6.45) is 0. The molecule has 2 aliphatic heterocycles. The van der Waals surface area contributed by atoms with E-state index in [4.69, 9.17) is 0 Å². The zero-order valence-electron chi connectivity index (χ0n) is 11.1. The lowest BCUT2D eigenvalue weighted by Gasteiger charge is -2.22. The van der Waals surface area contributed by atoms with Crippen LogP contribution >= 0.6 is 0 Å². The monoisotopic (exact) mass is 244 g/mol. The van der Waals surface area contributed by atoms with Crippen LogP contribution in [0.3, 0.4) is 0 Å². The number of fused-ring (bicyclic) bond motifs is 1. The fourth-order valence-corrected chi connectivity index (χ4v) is 3.29. The summed E-state index contributed by atoms with van der Waals surface area (Å²) in [6.45, 7) is 7.90. The van der Waals surface area contributed by atoms with E-state index in [2.05, 4.69) is 36.1 Å². The van der Waals surface area contributed by atoms with E-state index in [-0.39, 0.29) is 5.91 Å². The maximum absolute atomic E-state index is 11.4. The van der Waals surface area contributed by atoms with Gasteiger partial charge in [0.1, 0.15) is 0 Å². The van der Waals surface area contributed by atoms with Crippen molar-refractivity contribution in [3.63, 3.8) is 0 Å². The molecule has 2 unspecified atom stereocenters. The molecular formula is C15H20N2O. The molecule has 0 saturated carbocycles. The van der Waals surface area contributed by atoms with E-state index in [0.717, 1.165) is 26.2 Å². The Labute approximate surface area is 108 Å². The van der Waals surface area contributed by atoms with Gasteiger partial charge in [-0.05, 0) is 24.6 Å². The summed E-state index contributed by atoms with van der Waals surface area (Å²) in [6, 6.07) is 8.71. The van der Waals surface area contributed by atoms with E-state index < -0.39 is 0 Å². The molecule has 0 bridgehead atoms. The van der Waals surface area contributed by atoms with Crippen LogP contribution in [-0.2, 0) is 4.79 Å².